The van der Waals surface area contributed by atoms with Gasteiger partial charge in [0.15, 0.2) is 0 Å². The Hall–Kier alpha value is -2.06. The Morgan fingerprint density at radius 3 is 3.00 bits per heavy atom. The molecule has 3 aromatic rings. The molecule has 88 valence electrons. The van der Waals surface area contributed by atoms with Crippen molar-refractivity contribution in [2.75, 3.05) is 0 Å². The fourth-order valence-electron chi connectivity index (χ4n) is 2.76. The summed E-state index contributed by atoms with van der Waals surface area (Å²) in [5, 5.41) is 4.73. The highest BCUT2D eigenvalue weighted by Gasteiger charge is 2.22. The normalized spacial score (nSPS) is 18.1. The molecule has 2 heteroatoms. The molecule has 2 aromatic carbocycles. The van der Waals surface area contributed by atoms with Crippen LogP contribution in [0.15, 0.2) is 59.2 Å². The second-order valence-electron chi connectivity index (χ2n) is 4.73. The average Bonchev–Trinajstić information content (AvgIpc) is 3.04. The Bertz CT molecular complexity index is 714. The highest BCUT2D eigenvalue weighted by atomic mass is 16.3. The summed E-state index contributed by atoms with van der Waals surface area (Å²) in [6.07, 6.45) is 1.74. The van der Waals surface area contributed by atoms with E-state index in [0.29, 0.717) is 6.04 Å². The predicted octanol–water partition coefficient (Wildman–Crippen LogP) is 3.63. The lowest BCUT2D eigenvalue weighted by Gasteiger charge is -2.12. The van der Waals surface area contributed by atoms with E-state index in [1.165, 1.54) is 22.1 Å². The first kappa shape index (κ1) is 9.92. The first-order chi connectivity index (χ1) is 8.92. The average molecular weight is 235 g/mol. The van der Waals surface area contributed by atoms with E-state index >= 15 is 0 Å². The van der Waals surface area contributed by atoms with Crippen molar-refractivity contribution in [1.82, 2.24) is 5.32 Å². The molecule has 1 N–H and O–H groups in total. The van der Waals surface area contributed by atoms with Crippen LogP contribution in [0.3, 0.4) is 0 Å². The van der Waals surface area contributed by atoms with Crippen LogP contribution in [0.1, 0.15) is 22.7 Å². The summed E-state index contributed by atoms with van der Waals surface area (Å²) in [5.41, 5.74) is 5.04. The maximum atomic E-state index is 5.38. The number of furan rings is 1. The van der Waals surface area contributed by atoms with E-state index in [1.54, 1.807) is 6.26 Å². The molecule has 0 amide bonds. The maximum absolute atomic E-state index is 5.38. The van der Waals surface area contributed by atoms with Crippen LogP contribution in [-0.4, -0.2) is 0 Å². The molecular weight excluding hydrogens is 222 g/mol. The minimum atomic E-state index is 0.306. The third-order valence-electron chi connectivity index (χ3n) is 3.67. The van der Waals surface area contributed by atoms with Crippen molar-refractivity contribution in [2.24, 2.45) is 0 Å². The van der Waals surface area contributed by atoms with Crippen molar-refractivity contribution in [1.29, 1.82) is 0 Å². The molecule has 18 heavy (non-hydrogen) atoms. The molecule has 2 nitrogen and oxygen atoms in total. The molecule has 1 aliphatic rings. The lowest BCUT2D eigenvalue weighted by molar-refractivity contribution is 0.615. The summed E-state index contributed by atoms with van der Waals surface area (Å²) in [5.74, 6) is 0. The van der Waals surface area contributed by atoms with Gasteiger partial charge in [-0.05, 0) is 34.9 Å². The molecule has 1 atom stereocenters. The Morgan fingerprint density at radius 1 is 1.06 bits per heavy atom. The molecule has 0 saturated carbocycles. The number of hydrogen-bond donors (Lipinski definition) is 1. The summed E-state index contributed by atoms with van der Waals surface area (Å²) in [6, 6.07) is 17.3. The van der Waals surface area contributed by atoms with Gasteiger partial charge in [-0.15, -0.1) is 0 Å². The fourth-order valence-corrected chi connectivity index (χ4v) is 2.76. The second kappa shape index (κ2) is 3.72. The Labute approximate surface area is 105 Å². The van der Waals surface area contributed by atoms with Crippen molar-refractivity contribution < 1.29 is 4.42 Å². The van der Waals surface area contributed by atoms with Gasteiger partial charge in [-0.1, -0.05) is 30.3 Å². The van der Waals surface area contributed by atoms with E-state index in [-0.39, 0.29) is 0 Å². The molecule has 0 aliphatic carbocycles. The van der Waals surface area contributed by atoms with Crippen LogP contribution in [0.4, 0.5) is 0 Å². The summed E-state index contributed by atoms with van der Waals surface area (Å²) in [7, 11) is 0. The van der Waals surface area contributed by atoms with Crippen LogP contribution in [0, 0.1) is 0 Å². The first-order valence-corrected chi connectivity index (χ1v) is 6.20. The Kier molecular flexibility index (Phi) is 2.05. The first-order valence-electron chi connectivity index (χ1n) is 6.20. The predicted molar refractivity (Wildman–Crippen MR) is 71.3 cm³/mol. The summed E-state index contributed by atoms with van der Waals surface area (Å²) >= 11 is 0. The van der Waals surface area contributed by atoms with Crippen LogP contribution in [0.25, 0.3) is 11.0 Å². The molecule has 0 spiro atoms. The van der Waals surface area contributed by atoms with Gasteiger partial charge in [0.05, 0.1) is 12.3 Å². The van der Waals surface area contributed by atoms with E-state index in [4.69, 9.17) is 4.42 Å². The molecule has 4 rings (SSSR count). The number of rotatable bonds is 1. The highest BCUT2D eigenvalue weighted by Crippen LogP contribution is 2.32. The van der Waals surface area contributed by atoms with E-state index in [9.17, 15) is 0 Å². The van der Waals surface area contributed by atoms with E-state index < -0.39 is 0 Å². The van der Waals surface area contributed by atoms with Gasteiger partial charge >= 0.3 is 0 Å². The van der Waals surface area contributed by atoms with Crippen molar-refractivity contribution >= 4 is 11.0 Å². The molecule has 1 aliphatic heterocycles. The van der Waals surface area contributed by atoms with Crippen molar-refractivity contribution in [3.63, 3.8) is 0 Å². The molecule has 1 unspecified atom stereocenters. The van der Waals surface area contributed by atoms with Gasteiger partial charge in [0.2, 0.25) is 0 Å². The van der Waals surface area contributed by atoms with Crippen molar-refractivity contribution in [2.45, 2.75) is 12.6 Å². The molecule has 1 aromatic heterocycles. The zero-order valence-electron chi connectivity index (χ0n) is 9.89. The molecule has 0 saturated heterocycles. The van der Waals surface area contributed by atoms with Gasteiger partial charge in [-0.2, -0.15) is 0 Å². The van der Waals surface area contributed by atoms with Crippen LogP contribution < -0.4 is 5.32 Å². The van der Waals surface area contributed by atoms with E-state index in [2.05, 4.69) is 41.7 Å². The van der Waals surface area contributed by atoms with E-state index in [1.807, 2.05) is 12.1 Å². The molecule has 0 fully saturated rings. The van der Waals surface area contributed by atoms with Crippen LogP contribution in [-0.2, 0) is 6.54 Å². The lowest BCUT2D eigenvalue weighted by Crippen LogP contribution is -2.13. The molecule has 0 bridgehead atoms. The Balaban J connectivity index is 1.84. The van der Waals surface area contributed by atoms with Gasteiger partial charge < -0.3 is 9.73 Å². The van der Waals surface area contributed by atoms with Crippen molar-refractivity contribution in [3.8, 4) is 0 Å². The smallest absolute Gasteiger partial charge is 0.133 e. The number of benzene rings is 2. The van der Waals surface area contributed by atoms with E-state index in [0.717, 1.165) is 12.1 Å². The van der Waals surface area contributed by atoms with Gasteiger partial charge in [0.1, 0.15) is 5.58 Å². The largest absolute Gasteiger partial charge is 0.464 e. The van der Waals surface area contributed by atoms with Gasteiger partial charge in [-0.3, -0.25) is 0 Å². The Morgan fingerprint density at radius 2 is 2.00 bits per heavy atom. The lowest BCUT2D eigenvalue weighted by atomic mass is 9.98. The standard InChI is InChI=1S/C16H13NO/c1-2-4-14-13(3-1)10-17-16(14)12-5-6-15-11(9-12)7-8-18-15/h1-9,16-17H,10H2. The molecular formula is C16H13NO. The third kappa shape index (κ3) is 1.39. The topological polar surface area (TPSA) is 25.2 Å². The number of fused-ring (bicyclic) bond motifs is 2. The summed E-state index contributed by atoms with van der Waals surface area (Å²) in [6.45, 7) is 0.949. The van der Waals surface area contributed by atoms with Crippen LogP contribution in [0.5, 0.6) is 0 Å². The quantitative estimate of drug-likeness (QED) is 0.696. The minimum Gasteiger partial charge on any atom is -0.464 e. The number of hydrogen-bond acceptors (Lipinski definition) is 2. The maximum Gasteiger partial charge on any atom is 0.133 e. The SMILES string of the molecule is c1ccc2c(c1)CNC2c1ccc2occc2c1. The van der Waals surface area contributed by atoms with Crippen LogP contribution >= 0.6 is 0 Å². The summed E-state index contributed by atoms with van der Waals surface area (Å²) < 4.78 is 5.38. The van der Waals surface area contributed by atoms with Crippen molar-refractivity contribution in [3.05, 3.63) is 71.5 Å². The van der Waals surface area contributed by atoms with Crippen LogP contribution in [0.2, 0.25) is 0 Å². The minimum absolute atomic E-state index is 0.306. The molecule has 2 heterocycles. The van der Waals surface area contributed by atoms with Gasteiger partial charge in [-0.25, -0.2) is 0 Å². The zero-order chi connectivity index (χ0) is 11.9. The third-order valence-corrected chi connectivity index (χ3v) is 3.67. The van der Waals surface area contributed by atoms with Gasteiger partial charge in [0.25, 0.3) is 0 Å². The molecule has 0 radical (unpaired) electrons. The monoisotopic (exact) mass is 235 g/mol. The number of nitrogens with one attached hydrogen (secondary N) is 1. The fraction of sp³-hybridized carbons (Fsp3) is 0.125. The summed E-state index contributed by atoms with van der Waals surface area (Å²) in [4.78, 5) is 0. The zero-order valence-corrected chi connectivity index (χ0v) is 9.89. The van der Waals surface area contributed by atoms with Gasteiger partial charge in [0, 0.05) is 11.9 Å². The highest BCUT2D eigenvalue weighted by molar-refractivity contribution is 5.78. The second-order valence-corrected chi connectivity index (χ2v) is 4.73.